The van der Waals surface area contributed by atoms with Gasteiger partial charge in [0, 0.05) is 13.2 Å². The second kappa shape index (κ2) is 12.8. The summed E-state index contributed by atoms with van der Waals surface area (Å²) in [4.78, 5) is 0. The maximum absolute atomic E-state index is 8.66. The molecule has 0 aromatic heterocycles. The number of halogens is 1. The molecule has 0 fully saturated rings. The molecule has 0 heterocycles. The van der Waals surface area contributed by atoms with Gasteiger partial charge in [-0.1, -0.05) is 52.3 Å². The van der Waals surface area contributed by atoms with Gasteiger partial charge in [-0.2, -0.15) is 0 Å². The highest BCUT2D eigenvalue weighted by Crippen LogP contribution is 2.21. The van der Waals surface area contributed by atoms with Crippen LogP contribution in [0.2, 0.25) is 0 Å². The van der Waals surface area contributed by atoms with Crippen molar-refractivity contribution in [1.29, 1.82) is 0 Å². The van der Waals surface area contributed by atoms with Gasteiger partial charge in [-0.25, -0.2) is 0 Å². The molecule has 0 saturated heterocycles. The van der Waals surface area contributed by atoms with Crippen molar-refractivity contribution in [2.75, 3.05) is 31.8 Å². The van der Waals surface area contributed by atoms with Gasteiger partial charge < -0.3 is 19.3 Å². The van der Waals surface area contributed by atoms with Gasteiger partial charge >= 0.3 is 0 Å². The number of hydrogen-bond donors (Lipinski definition) is 1. The molecular weight excluding hydrogens is 348 g/mol. The quantitative estimate of drug-likeness (QED) is 0.249. The molecule has 0 saturated carbocycles. The van der Waals surface area contributed by atoms with E-state index in [-0.39, 0.29) is 19.0 Å². The van der Waals surface area contributed by atoms with Gasteiger partial charge in [-0.15, -0.1) is 6.58 Å². The maximum atomic E-state index is 8.66. The molecule has 1 rings (SSSR count). The van der Waals surface area contributed by atoms with Crippen molar-refractivity contribution in [3.8, 4) is 0 Å². The van der Waals surface area contributed by atoms with Crippen LogP contribution < -0.4 is 0 Å². The molecule has 124 valence electrons. The monoisotopic (exact) mass is 372 g/mol. The third-order valence-electron chi connectivity index (χ3n) is 2.99. The van der Waals surface area contributed by atoms with Crippen LogP contribution in [0.1, 0.15) is 24.5 Å². The highest BCUT2D eigenvalue weighted by atomic mass is 79.9. The summed E-state index contributed by atoms with van der Waals surface area (Å²) in [5.41, 5.74) is 1.05. The average Bonchev–Trinajstić information content (AvgIpc) is 2.57. The van der Waals surface area contributed by atoms with E-state index in [2.05, 4.69) is 22.5 Å². The maximum Gasteiger partial charge on any atom is 0.168 e. The molecule has 2 atom stereocenters. The summed E-state index contributed by atoms with van der Waals surface area (Å²) < 4.78 is 17.0. The van der Waals surface area contributed by atoms with E-state index in [1.807, 2.05) is 30.3 Å². The van der Waals surface area contributed by atoms with Crippen LogP contribution in [0, 0.1) is 0 Å². The molecule has 5 heteroatoms. The average molecular weight is 373 g/mol. The van der Waals surface area contributed by atoms with E-state index in [0.717, 1.165) is 18.4 Å². The van der Waals surface area contributed by atoms with Crippen LogP contribution in [0.3, 0.4) is 0 Å². The van der Waals surface area contributed by atoms with Crippen molar-refractivity contribution >= 4 is 15.9 Å². The Balaban J connectivity index is 2.27. The Morgan fingerprint density at radius 1 is 1.14 bits per heavy atom. The minimum Gasteiger partial charge on any atom is -0.396 e. The van der Waals surface area contributed by atoms with Crippen LogP contribution in [-0.4, -0.2) is 43.2 Å². The van der Waals surface area contributed by atoms with Crippen LogP contribution in [0.15, 0.2) is 43.0 Å². The first-order valence-electron chi connectivity index (χ1n) is 7.51. The lowest BCUT2D eigenvalue weighted by atomic mass is 10.1. The SMILES string of the molecule is C=CC(OC(CBr)OCCOCCCCO)c1ccccc1. The summed E-state index contributed by atoms with van der Waals surface area (Å²) in [5, 5.41) is 9.24. The number of aliphatic hydroxyl groups excluding tert-OH is 1. The van der Waals surface area contributed by atoms with Crippen molar-refractivity contribution in [1.82, 2.24) is 0 Å². The molecule has 22 heavy (non-hydrogen) atoms. The summed E-state index contributed by atoms with van der Waals surface area (Å²) >= 11 is 3.40. The molecule has 0 spiro atoms. The topological polar surface area (TPSA) is 47.9 Å². The number of hydrogen-bond acceptors (Lipinski definition) is 4. The van der Waals surface area contributed by atoms with E-state index in [0.29, 0.717) is 25.2 Å². The number of rotatable bonds is 13. The molecule has 0 aliphatic carbocycles. The fraction of sp³-hybridized carbons (Fsp3) is 0.529. The molecule has 0 aliphatic rings. The second-order valence-corrected chi connectivity index (χ2v) is 5.35. The van der Waals surface area contributed by atoms with E-state index < -0.39 is 0 Å². The van der Waals surface area contributed by atoms with E-state index in [1.54, 1.807) is 6.08 Å². The molecule has 0 radical (unpaired) electrons. The van der Waals surface area contributed by atoms with Gasteiger partial charge in [-0.05, 0) is 18.4 Å². The predicted octanol–water partition coefficient (Wildman–Crippen LogP) is 3.46. The summed E-state index contributed by atoms with van der Waals surface area (Å²) in [6.07, 6.45) is 2.84. The first-order valence-corrected chi connectivity index (χ1v) is 8.63. The van der Waals surface area contributed by atoms with Crippen molar-refractivity contribution in [2.45, 2.75) is 25.2 Å². The van der Waals surface area contributed by atoms with Crippen LogP contribution in [0.4, 0.5) is 0 Å². The van der Waals surface area contributed by atoms with Gasteiger partial charge in [-0.3, -0.25) is 0 Å². The minimum absolute atomic E-state index is 0.200. The summed E-state index contributed by atoms with van der Waals surface area (Å²) in [5.74, 6) is 0. The molecular formula is C17H25BrO4. The molecule has 0 bridgehead atoms. The molecule has 1 N–H and O–H groups in total. The van der Waals surface area contributed by atoms with E-state index in [1.165, 1.54) is 0 Å². The third kappa shape index (κ3) is 8.06. The number of ether oxygens (including phenoxy) is 3. The Labute approximate surface area is 141 Å². The highest BCUT2D eigenvalue weighted by Gasteiger charge is 2.15. The standard InChI is InChI=1S/C17H25BrO4/c1-2-16(15-8-4-3-5-9-15)22-17(14-18)21-13-12-20-11-7-6-10-19/h2-5,8-9,16-17,19H,1,6-7,10-14H2. The Morgan fingerprint density at radius 3 is 2.55 bits per heavy atom. The first kappa shape index (κ1) is 19.3. The van der Waals surface area contributed by atoms with Gasteiger partial charge in [0.05, 0.1) is 18.5 Å². The van der Waals surface area contributed by atoms with Crippen molar-refractivity contribution < 1.29 is 19.3 Å². The number of aliphatic hydroxyl groups is 1. The lowest BCUT2D eigenvalue weighted by Crippen LogP contribution is -2.23. The largest absolute Gasteiger partial charge is 0.396 e. The predicted molar refractivity (Wildman–Crippen MR) is 91.1 cm³/mol. The lowest BCUT2D eigenvalue weighted by molar-refractivity contribution is -0.154. The molecule has 4 nitrogen and oxygen atoms in total. The van der Waals surface area contributed by atoms with Gasteiger partial charge in [0.15, 0.2) is 6.29 Å². The normalized spacial score (nSPS) is 13.7. The Kier molecular flexibility index (Phi) is 11.2. The fourth-order valence-electron chi connectivity index (χ4n) is 1.85. The fourth-order valence-corrected chi connectivity index (χ4v) is 2.19. The van der Waals surface area contributed by atoms with Crippen LogP contribution in [0.5, 0.6) is 0 Å². The van der Waals surface area contributed by atoms with Gasteiger partial charge in [0.25, 0.3) is 0 Å². The van der Waals surface area contributed by atoms with Crippen LogP contribution in [-0.2, 0) is 14.2 Å². The summed E-state index contributed by atoms with van der Waals surface area (Å²) in [6, 6.07) is 9.92. The number of unbranched alkanes of at least 4 members (excludes halogenated alkanes) is 1. The third-order valence-corrected chi connectivity index (χ3v) is 3.52. The van der Waals surface area contributed by atoms with Crippen molar-refractivity contribution in [3.05, 3.63) is 48.6 Å². The first-order chi connectivity index (χ1) is 10.8. The molecule has 1 aromatic rings. The second-order valence-electron chi connectivity index (χ2n) is 4.70. The molecule has 0 amide bonds. The molecule has 0 aliphatic heterocycles. The zero-order valence-corrected chi connectivity index (χ0v) is 14.4. The van der Waals surface area contributed by atoms with Gasteiger partial charge in [0.1, 0.15) is 6.10 Å². The van der Waals surface area contributed by atoms with Crippen molar-refractivity contribution in [2.24, 2.45) is 0 Å². The highest BCUT2D eigenvalue weighted by molar-refractivity contribution is 9.09. The van der Waals surface area contributed by atoms with Crippen LogP contribution >= 0.6 is 15.9 Å². The van der Waals surface area contributed by atoms with E-state index in [9.17, 15) is 0 Å². The molecule has 1 aromatic carbocycles. The van der Waals surface area contributed by atoms with E-state index in [4.69, 9.17) is 19.3 Å². The zero-order valence-electron chi connectivity index (χ0n) is 12.8. The van der Waals surface area contributed by atoms with Crippen LogP contribution in [0.25, 0.3) is 0 Å². The summed E-state index contributed by atoms with van der Waals surface area (Å²) in [7, 11) is 0. The van der Waals surface area contributed by atoms with E-state index >= 15 is 0 Å². The zero-order chi connectivity index (χ0) is 16.0. The minimum atomic E-state index is -0.357. The Hall–Kier alpha value is -0.720. The van der Waals surface area contributed by atoms with Gasteiger partial charge in [0.2, 0.25) is 0 Å². The number of alkyl halides is 1. The lowest BCUT2D eigenvalue weighted by Gasteiger charge is -2.22. The number of benzene rings is 1. The molecule has 2 unspecified atom stereocenters. The Morgan fingerprint density at radius 2 is 1.91 bits per heavy atom. The summed E-state index contributed by atoms with van der Waals surface area (Å²) in [6.45, 7) is 5.66. The smallest absolute Gasteiger partial charge is 0.168 e. The van der Waals surface area contributed by atoms with Crippen molar-refractivity contribution in [3.63, 3.8) is 0 Å². The Bertz CT molecular complexity index is 386.